The maximum Gasteiger partial charge on any atom is 0.404 e. The van der Waals surface area contributed by atoms with E-state index in [1.165, 1.54) is 0 Å². The third-order valence-electron chi connectivity index (χ3n) is 10.7. The molecular formula is C48H74N6O14S. The van der Waals surface area contributed by atoms with Crippen LogP contribution in [0.1, 0.15) is 67.3 Å². The van der Waals surface area contributed by atoms with Gasteiger partial charge in [0.1, 0.15) is 5.75 Å². The van der Waals surface area contributed by atoms with E-state index in [2.05, 4.69) is 31.9 Å². The average Bonchev–Trinajstić information content (AvgIpc) is 3.91. The number of ketones is 1. The lowest BCUT2D eigenvalue weighted by atomic mass is 10.0. The first kappa shape index (κ1) is 56.8. The van der Waals surface area contributed by atoms with Crippen molar-refractivity contribution in [2.45, 2.75) is 68.7 Å². The number of thioether (sulfide) groups is 1. The molecule has 20 nitrogen and oxygen atoms in total. The largest absolute Gasteiger partial charge is 0.494 e. The fourth-order valence-electron chi connectivity index (χ4n) is 7.06. The Labute approximate surface area is 410 Å². The van der Waals surface area contributed by atoms with Gasteiger partial charge in [0.05, 0.1) is 98.0 Å². The Hall–Kier alpha value is -4.74. The number of nitrogens with one attached hydrogen (secondary N) is 6. The molecule has 0 saturated carbocycles. The number of urea groups is 1. The van der Waals surface area contributed by atoms with E-state index in [0.29, 0.717) is 160 Å². The summed E-state index contributed by atoms with van der Waals surface area (Å²) in [6, 6.07) is 14.7. The molecule has 2 aromatic carbocycles. The number of hydrogen-bond donors (Lipinski definition) is 7. The van der Waals surface area contributed by atoms with E-state index < -0.39 is 6.09 Å². The number of carboxylic acid groups (broad SMARTS) is 1. The smallest absolute Gasteiger partial charge is 0.404 e. The van der Waals surface area contributed by atoms with Crippen molar-refractivity contribution in [3.63, 3.8) is 0 Å². The molecule has 2 aliphatic heterocycles. The molecule has 0 spiro atoms. The van der Waals surface area contributed by atoms with Gasteiger partial charge in [0.15, 0.2) is 5.78 Å². The lowest BCUT2D eigenvalue weighted by molar-refractivity contribution is -0.122. The molecule has 2 aliphatic rings. The summed E-state index contributed by atoms with van der Waals surface area (Å²) in [6.07, 6.45) is 4.52. The highest BCUT2D eigenvalue weighted by Gasteiger charge is 2.42. The average molecular weight is 991 g/mol. The molecule has 2 heterocycles. The Morgan fingerprint density at radius 2 is 1.07 bits per heavy atom. The number of hydrogen-bond acceptors (Lipinski definition) is 15. The van der Waals surface area contributed by atoms with Gasteiger partial charge in [-0.1, -0.05) is 6.42 Å². The molecule has 0 bridgehead atoms. The predicted octanol–water partition coefficient (Wildman–Crippen LogP) is 3.61. The number of carbonyl (C=O) groups excluding carboxylic acids is 4. The highest BCUT2D eigenvalue weighted by atomic mass is 32.2. The normalized spacial score (nSPS) is 16.1. The number of ether oxygens (including phenoxy) is 8. The van der Waals surface area contributed by atoms with Crippen molar-refractivity contribution in [3.8, 4) is 5.75 Å². The van der Waals surface area contributed by atoms with Crippen molar-refractivity contribution in [3.05, 3.63) is 59.7 Å². The minimum atomic E-state index is -1.03. The van der Waals surface area contributed by atoms with Gasteiger partial charge in [-0.25, -0.2) is 9.59 Å². The van der Waals surface area contributed by atoms with Gasteiger partial charge in [-0.2, -0.15) is 11.8 Å². The van der Waals surface area contributed by atoms with E-state index in [4.69, 9.17) is 43.0 Å². The highest BCUT2D eigenvalue weighted by Crippen LogP contribution is 2.33. The Morgan fingerprint density at radius 1 is 0.551 bits per heavy atom. The van der Waals surface area contributed by atoms with Crippen molar-refractivity contribution < 1.29 is 67.0 Å². The second kappa shape index (κ2) is 36.2. The van der Waals surface area contributed by atoms with Crippen LogP contribution in [0.15, 0.2) is 48.5 Å². The first-order chi connectivity index (χ1) is 33.8. The van der Waals surface area contributed by atoms with E-state index in [1.807, 2.05) is 23.9 Å². The number of unbranched alkanes of at least 4 members (excludes halogenated alkanes) is 1. The summed E-state index contributed by atoms with van der Waals surface area (Å²) in [5.41, 5.74) is 2.05. The minimum absolute atomic E-state index is 0.0238. The predicted molar refractivity (Wildman–Crippen MR) is 261 cm³/mol. The zero-order valence-corrected chi connectivity index (χ0v) is 40.6. The molecular weight excluding hydrogens is 917 g/mol. The molecule has 7 N–H and O–H groups in total. The summed E-state index contributed by atoms with van der Waals surface area (Å²) in [5.74, 6) is 1.42. The Morgan fingerprint density at radius 3 is 1.71 bits per heavy atom. The number of anilines is 1. The molecule has 5 amide bonds. The van der Waals surface area contributed by atoms with E-state index in [9.17, 15) is 24.0 Å². The van der Waals surface area contributed by atoms with Gasteiger partial charge in [0.25, 0.3) is 0 Å². The summed E-state index contributed by atoms with van der Waals surface area (Å²) >= 11 is 1.89. The molecule has 3 unspecified atom stereocenters. The number of carbonyl (C=O) groups is 5. The van der Waals surface area contributed by atoms with Crippen molar-refractivity contribution in [2.24, 2.45) is 0 Å². The van der Waals surface area contributed by atoms with Gasteiger partial charge < -0.3 is 74.9 Å². The topological polar surface area (TPSA) is 252 Å². The van der Waals surface area contributed by atoms with E-state index in [-0.39, 0.29) is 42.1 Å². The number of amides is 5. The van der Waals surface area contributed by atoms with Crippen LogP contribution in [-0.2, 0) is 42.7 Å². The Bertz CT molecular complexity index is 1750. The van der Waals surface area contributed by atoms with Crippen LogP contribution in [0.5, 0.6) is 5.75 Å². The molecule has 69 heavy (non-hydrogen) atoms. The van der Waals surface area contributed by atoms with Gasteiger partial charge in [0.2, 0.25) is 11.8 Å². The van der Waals surface area contributed by atoms with Crippen LogP contribution in [-0.4, -0.2) is 183 Å². The molecule has 0 aliphatic carbocycles. The lowest BCUT2D eigenvalue weighted by Gasteiger charge is -2.16. The van der Waals surface area contributed by atoms with E-state index in [0.717, 1.165) is 43.7 Å². The molecule has 0 aromatic heterocycles. The summed E-state index contributed by atoms with van der Waals surface area (Å²) in [7, 11) is 0. The fraction of sp³-hybridized carbons (Fsp3) is 0.646. The third kappa shape index (κ3) is 26.2. The quantitative estimate of drug-likeness (QED) is 0.0285. The molecule has 2 aromatic rings. The Kier molecular flexibility index (Phi) is 29.9. The zero-order chi connectivity index (χ0) is 49.0. The summed E-state index contributed by atoms with van der Waals surface area (Å²) in [6.45, 7) is 8.52. The Balaban J connectivity index is 0.857. The maximum atomic E-state index is 13.0. The van der Waals surface area contributed by atoms with Crippen LogP contribution >= 0.6 is 11.8 Å². The number of rotatable bonds is 42. The first-order valence-corrected chi connectivity index (χ1v) is 25.2. The van der Waals surface area contributed by atoms with Gasteiger partial charge in [-0.15, -0.1) is 0 Å². The molecule has 2 saturated heterocycles. The van der Waals surface area contributed by atoms with Crippen LogP contribution in [0.2, 0.25) is 0 Å². The van der Waals surface area contributed by atoms with Crippen LogP contribution in [0.3, 0.4) is 0 Å². The third-order valence-corrected chi connectivity index (χ3v) is 12.2. The molecule has 4 rings (SSSR count). The van der Waals surface area contributed by atoms with Gasteiger partial charge in [-0.3, -0.25) is 14.4 Å². The number of benzene rings is 2. The maximum absolute atomic E-state index is 13.0. The van der Waals surface area contributed by atoms with E-state index >= 15 is 0 Å². The second-order valence-corrected chi connectivity index (χ2v) is 17.4. The standard InChI is InChI=1S/C48H74N6O14S/c55-43(7-2-1-6-42-45-41(36-69-42)53-47(58)54-45)51-20-25-64-29-33-67-35-34-66-32-28-63-24-16-44(56)50-18-5-23-68-40-14-10-38(11-15-40)46(57)37-8-12-39(13-9-37)49-17-3-21-61-26-30-65-31-27-62-22-4-19-52-48(59)60/h8-15,41-42,45,49,52H,1-7,16-36H2,(H,50,56)(H,51,55)(H,59,60)(H2,53,54,58). The van der Waals surface area contributed by atoms with Crippen molar-refractivity contribution >= 4 is 47.2 Å². The summed E-state index contributed by atoms with van der Waals surface area (Å²) < 4.78 is 44.3. The van der Waals surface area contributed by atoms with Crippen molar-refractivity contribution in [2.75, 3.05) is 136 Å². The second-order valence-electron chi connectivity index (χ2n) is 16.1. The summed E-state index contributed by atoms with van der Waals surface area (Å²) in [5, 5.41) is 26.2. The number of fused-ring (bicyclic) bond motifs is 1. The minimum Gasteiger partial charge on any atom is -0.494 e. The van der Waals surface area contributed by atoms with Crippen LogP contribution in [0.4, 0.5) is 15.3 Å². The fourth-order valence-corrected chi connectivity index (χ4v) is 8.60. The first-order valence-electron chi connectivity index (χ1n) is 24.1. The van der Waals surface area contributed by atoms with E-state index in [1.54, 1.807) is 36.4 Å². The lowest BCUT2D eigenvalue weighted by Crippen LogP contribution is -2.36. The molecule has 386 valence electrons. The van der Waals surface area contributed by atoms with Crippen LogP contribution < -0.4 is 36.6 Å². The summed E-state index contributed by atoms with van der Waals surface area (Å²) in [4.78, 5) is 59.2. The molecule has 0 radical (unpaired) electrons. The molecule has 3 atom stereocenters. The van der Waals surface area contributed by atoms with Gasteiger partial charge >= 0.3 is 12.1 Å². The zero-order valence-electron chi connectivity index (χ0n) is 39.8. The van der Waals surface area contributed by atoms with Gasteiger partial charge in [0, 0.05) is 80.1 Å². The van der Waals surface area contributed by atoms with Crippen molar-refractivity contribution in [1.29, 1.82) is 0 Å². The SMILES string of the molecule is O=C(O)NCCCOCCOCCOCCCNc1ccc(C(=O)c2ccc(OCCCNC(=O)CCOCCOCCOCCOCCNC(=O)CCCCC3SCC4NC(=O)NC43)cc2)cc1. The molecule has 21 heteroatoms. The monoisotopic (exact) mass is 990 g/mol. The van der Waals surface area contributed by atoms with Gasteiger partial charge in [-0.05, 0) is 80.6 Å². The van der Waals surface area contributed by atoms with Crippen LogP contribution in [0, 0.1) is 0 Å². The van der Waals surface area contributed by atoms with Crippen molar-refractivity contribution in [1.82, 2.24) is 26.6 Å². The molecule has 2 fully saturated rings. The van der Waals surface area contributed by atoms with Crippen LogP contribution in [0.25, 0.3) is 0 Å². The highest BCUT2D eigenvalue weighted by molar-refractivity contribution is 8.00.